The number of ketones is 1. The summed E-state index contributed by atoms with van der Waals surface area (Å²) >= 11 is 0. The van der Waals surface area contributed by atoms with E-state index < -0.39 is 5.76 Å². The molecule has 0 saturated carbocycles. The molecule has 0 bridgehead atoms. The van der Waals surface area contributed by atoms with Gasteiger partial charge in [-0.25, -0.2) is 4.79 Å². The zero-order valence-corrected chi connectivity index (χ0v) is 14.2. The third kappa shape index (κ3) is 2.94. The number of hydrogen-bond donors (Lipinski definition) is 0. The van der Waals surface area contributed by atoms with Crippen LogP contribution < -0.4 is 5.76 Å². The van der Waals surface area contributed by atoms with Crippen molar-refractivity contribution in [3.8, 4) is 0 Å². The molecule has 1 fully saturated rings. The molecule has 3 aromatic rings. The number of benzene rings is 2. The van der Waals surface area contributed by atoms with Gasteiger partial charge in [-0.3, -0.25) is 14.2 Å². The Labute approximate surface area is 149 Å². The Hall–Kier alpha value is -3.15. The molecule has 132 valence electrons. The third-order valence-electron chi connectivity index (χ3n) is 4.72. The normalized spacial score (nSPS) is 14.1. The highest BCUT2D eigenvalue weighted by Crippen LogP contribution is 2.18. The van der Waals surface area contributed by atoms with Crippen molar-refractivity contribution in [1.82, 2.24) is 9.47 Å². The van der Waals surface area contributed by atoms with Crippen LogP contribution in [0.1, 0.15) is 28.8 Å². The van der Waals surface area contributed by atoms with Gasteiger partial charge in [0.1, 0.15) is 6.54 Å². The van der Waals surface area contributed by atoms with E-state index in [1.807, 2.05) is 6.07 Å². The molecular formula is C20H18N2O4. The van der Waals surface area contributed by atoms with Crippen molar-refractivity contribution >= 4 is 22.8 Å². The Balaban J connectivity index is 1.65. The molecule has 6 nitrogen and oxygen atoms in total. The highest BCUT2D eigenvalue weighted by molar-refractivity contribution is 6.10. The number of likely N-dealkylation sites (tertiary alicyclic amines) is 1. The summed E-state index contributed by atoms with van der Waals surface area (Å²) in [6.07, 6.45) is 2.00. The fourth-order valence-corrected chi connectivity index (χ4v) is 3.32. The largest absolute Gasteiger partial charge is 0.420 e. The molecule has 6 heteroatoms. The number of aromatic nitrogens is 1. The SMILES string of the molecule is O=C(c1ccccc1)c1ccc2c(c1)oc(=O)n2CC(=O)N1CCCC1. The van der Waals surface area contributed by atoms with Crippen LogP contribution in [0.2, 0.25) is 0 Å². The van der Waals surface area contributed by atoms with E-state index in [0.717, 1.165) is 25.9 Å². The van der Waals surface area contributed by atoms with Crippen molar-refractivity contribution in [3.63, 3.8) is 0 Å². The van der Waals surface area contributed by atoms with E-state index in [1.54, 1.807) is 47.4 Å². The Kier molecular flexibility index (Phi) is 4.16. The van der Waals surface area contributed by atoms with Gasteiger partial charge in [-0.2, -0.15) is 0 Å². The number of hydrogen-bond acceptors (Lipinski definition) is 4. The Bertz CT molecular complexity index is 1030. The minimum absolute atomic E-state index is 0.0438. The van der Waals surface area contributed by atoms with Crippen molar-refractivity contribution in [2.45, 2.75) is 19.4 Å². The molecule has 1 amide bonds. The predicted octanol–water partition coefficient (Wildman–Crippen LogP) is 2.45. The van der Waals surface area contributed by atoms with E-state index in [1.165, 1.54) is 4.57 Å². The number of carbonyl (C=O) groups is 2. The van der Waals surface area contributed by atoms with E-state index in [-0.39, 0.29) is 18.2 Å². The van der Waals surface area contributed by atoms with Gasteiger partial charge < -0.3 is 9.32 Å². The molecule has 0 aliphatic carbocycles. The first-order valence-electron chi connectivity index (χ1n) is 8.64. The molecule has 4 rings (SSSR count). The van der Waals surface area contributed by atoms with E-state index in [9.17, 15) is 14.4 Å². The van der Waals surface area contributed by atoms with Gasteiger partial charge in [-0.05, 0) is 31.0 Å². The highest BCUT2D eigenvalue weighted by atomic mass is 16.4. The van der Waals surface area contributed by atoms with Gasteiger partial charge in [0, 0.05) is 24.2 Å². The molecule has 0 spiro atoms. The number of rotatable bonds is 4. The van der Waals surface area contributed by atoms with Crippen LogP contribution in [-0.4, -0.2) is 34.2 Å². The minimum atomic E-state index is -0.586. The van der Waals surface area contributed by atoms with Crippen molar-refractivity contribution < 1.29 is 14.0 Å². The van der Waals surface area contributed by atoms with Crippen LogP contribution in [-0.2, 0) is 11.3 Å². The van der Waals surface area contributed by atoms with Gasteiger partial charge in [0.05, 0.1) is 5.52 Å². The zero-order chi connectivity index (χ0) is 18.1. The smallest absolute Gasteiger partial charge is 0.408 e. The van der Waals surface area contributed by atoms with E-state index in [4.69, 9.17) is 4.42 Å². The topological polar surface area (TPSA) is 72.5 Å². The van der Waals surface area contributed by atoms with Gasteiger partial charge in [0.25, 0.3) is 0 Å². The summed E-state index contributed by atoms with van der Waals surface area (Å²) in [4.78, 5) is 38.8. The fourth-order valence-electron chi connectivity index (χ4n) is 3.32. The summed E-state index contributed by atoms with van der Waals surface area (Å²) in [5.41, 5.74) is 1.84. The lowest BCUT2D eigenvalue weighted by atomic mass is 10.0. The Morgan fingerprint density at radius 1 is 0.962 bits per heavy atom. The fraction of sp³-hybridized carbons (Fsp3) is 0.250. The van der Waals surface area contributed by atoms with Crippen LogP contribution in [0.5, 0.6) is 0 Å². The number of nitrogens with zero attached hydrogens (tertiary/aromatic N) is 2. The molecule has 0 unspecified atom stereocenters. The van der Waals surface area contributed by atoms with Gasteiger partial charge in [0.2, 0.25) is 5.91 Å². The molecule has 2 aromatic carbocycles. The molecular weight excluding hydrogens is 332 g/mol. The molecule has 26 heavy (non-hydrogen) atoms. The molecule has 2 heterocycles. The molecule has 0 radical (unpaired) electrons. The number of fused-ring (bicyclic) bond motifs is 1. The van der Waals surface area contributed by atoms with Gasteiger partial charge in [-0.15, -0.1) is 0 Å². The number of oxazole rings is 1. The van der Waals surface area contributed by atoms with Gasteiger partial charge >= 0.3 is 5.76 Å². The molecule has 1 aliphatic rings. The molecule has 0 atom stereocenters. The van der Waals surface area contributed by atoms with Crippen LogP contribution in [0, 0.1) is 0 Å². The van der Waals surface area contributed by atoms with Crippen molar-refractivity contribution in [2.75, 3.05) is 13.1 Å². The Morgan fingerprint density at radius 2 is 1.69 bits per heavy atom. The average Bonchev–Trinajstić information content (AvgIpc) is 3.30. The maximum absolute atomic E-state index is 12.5. The highest BCUT2D eigenvalue weighted by Gasteiger charge is 2.21. The van der Waals surface area contributed by atoms with Crippen LogP contribution in [0.3, 0.4) is 0 Å². The summed E-state index contributed by atoms with van der Waals surface area (Å²) in [5.74, 6) is -0.815. The number of amides is 1. The van der Waals surface area contributed by atoms with Crippen LogP contribution in [0.15, 0.2) is 57.7 Å². The summed E-state index contributed by atoms with van der Waals surface area (Å²) in [5, 5.41) is 0. The summed E-state index contributed by atoms with van der Waals surface area (Å²) in [6, 6.07) is 13.8. The van der Waals surface area contributed by atoms with E-state index in [2.05, 4.69) is 0 Å². The lowest BCUT2D eigenvalue weighted by Gasteiger charge is -2.14. The summed E-state index contributed by atoms with van der Waals surface area (Å²) in [6.45, 7) is 1.43. The molecule has 1 aliphatic heterocycles. The van der Waals surface area contributed by atoms with E-state index >= 15 is 0 Å². The average molecular weight is 350 g/mol. The standard InChI is InChI=1S/C20H18N2O4/c23-18(21-10-4-5-11-21)13-22-16-9-8-15(12-17(16)26-20(22)25)19(24)14-6-2-1-3-7-14/h1-3,6-9,12H,4-5,10-11,13H2. The minimum Gasteiger partial charge on any atom is -0.408 e. The lowest BCUT2D eigenvalue weighted by molar-refractivity contribution is -0.130. The second kappa shape index (κ2) is 6.63. The van der Waals surface area contributed by atoms with Crippen molar-refractivity contribution in [3.05, 3.63) is 70.2 Å². The van der Waals surface area contributed by atoms with E-state index in [0.29, 0.717) is 22.2 Å². The van der Waals surface area contributed by atoms with Gasteiger partial charge in [0.15, 0.2) is 11.4 Å². The molecule has 1 aromatic heterocycles. The molecule has 1 saturated heterocycles. The van der Waals surface area contributed by atoms with Crippen molar-refractivity contribution in [2.24, 2.45) is 0 Å². The monoisotopic (exact) mass is 350 g/mol. The van der Waals surface area contributed by atoms with Gasteiger partial charge in [-0.1, -0.05) is 30.3 Å². The first-order valence-corrected chi connectivity index (χ1v) is 8.64. The van der Waals surface area contributed by atoms with Crippen LogP contribution in [0.25, 0.3) is 11.1 Å². The Morgan fingerprint density at radius 3 is 2.42 bits per heavy atom. The molecule has 0 N–H and O–H groups in total. The quantitative estimate of drug-likeness (QED) is 0.678. The second-order valence-corrected chi connectivity index (χ2v) is 6.42. The van der Waals surface area contributed by atoms with Crippen LogP contribution >= 0.6 is 0 Å². The third-order valence-corrected chi connectivity index (χ3v) is 4.72. The van der Waals surface area contributed by atoms with Crippen LogP contribution in [0.4, 0.5) is 0 Å². The second-order valence-electron chi connectivity index (χ2n) is 6.42. The van der Waals surface area contributed by atoms with Crippen molar-refractivity contribution in [1.29, 1.82) is 0 Å². The maximum Gasteiger partial charge on any atom is 0.420 e. The summed E-state index contributed by atoms with van der Waals surface area (Å²) < 4.78 is 6.60. The number of carbonyl (C=O) groups excluding carboxylic acids is 2. The first kappa shape index (κ1) is 16.3. The maximum atomic E-state index is 12.5. The zero-order valence-electron chi connectivity index (χ0n) is 14.2. The lowest BCUT2D eigenvalue weighted by Crippen LogP contribution is -2.33. The summed E-state index contributed by atoms with van der Waals surface area (Å²) in [7, 11) is 0. The first-order chi connectivity index (χ1) is 12.6. The predicted molar refractivity (Wildman–Crippen MR) is 96.2 cm³/mol.